The van der Waals surface area contributed by atoms with Crippen molar-refractivity contribution in [3.05, 3.63) is 29.8 Å². The van der Waals surface area contributed by atoms with Crippen LogP contribution in [0, 0.1) is 0 Å². The number of ether oxygens (including phenoxy) is 3. The summed E-state index contributed by atoms with van der Waals surface area (Å²) in [5.74, 6) is 0.196. The molecular weight excluding hydrogens is 218 g/mol. The van der Waals surface area contributed by atoms with Gasteiger partial charge >= 0.3 is 0 Å². The van der Waals surface area contributed by atoms with Gasteiger partial charge in [0.25, 0.3) is 0 Å². The largest absolute Gasteiger partial charge is 0.494 e. The number of nitrogens with two attached hydrogens (primary N) is 1. The zero-order valence-corrected chi connectivity index (χ0v) is 10.3. The smallest absolute Gasteiger partial charge is 0.178 e. The summed E-state index contributed by atoms with van der Waals surface area (Å²) in [4.78, 5) is 0. The molecule has 0 amide bonds. The highest BCUT2D eigenvalue weighted by molar-refractivity contribution is 5.30. The standard InChI is InChI=1S/C13H19NO3/c1-3-15-11-6-4-5-10(7-11)12-8-16-13(2,9-14)17-12/h4-7,12H,3,8-9,14H2,1-2H3. The fourth-order valence-corrected chi connectivity index (χ4v) is 1.86. The highest BCUT2D eigenvalue weighted by atomic mass is 16.7. The Hall–Kier alpha value is -1.10. The molecule has 1 saturated heterocycles. The van der Waals surface area contributed by atoms with Crippen molar-refractivity contribution in [2.45, 2.75) is 25.7 Å². The van der Waals surface area contributed by atoms with Gasteiger partial charge in [-0.2, -0.15) is 0 Å². The fourth-order valence-electron chi connectivity index (χ4n) is 1.86. The average molecular weight is 237 g/mol. The van der Waals surface area contributed by atoms with Gasteiger partial charge < -0.3 is 19.9 Å². The first-order valence-corrected chi connectivity index (χ1v) is 5.91. The summed E-state index contributed by atoms with van der Waals surface area (Å²) in [5.41, 5.74) is 6.67. The second-order valence-corrected chi connectivity index (χ2v) is 4.26. The number of hydrogen-bond donors (Lipinski definition) is 1. The molecule has 2 rings (SSSR count). The summed E-state index contributed by atoms with van der Waals surface area (Å²) in [5, 5.41) is 0. The molecule has 2 N–H and O–H groups in total. The lowest BCUT2D eigenvalue weighted by molar-refractivity contribution is -0.145. The molecule has 0 aliphatic carbocycles. The second kappa shape index (κ2) is 5.04. The maximum absolute atomic E-state index is 5.81. The van der Waals surface area contributed by atoms with Gasteiger partial charge in [-0.1, -0.05) is 12.1 Å². The first-order chi connectivity index (χ1) is 8.17. The van der Waals surface area contributed by atoms with Crippen LogP contribution in [0.2, 0.25) is 0 Å². The molecular formula is C13H19NO3. The van der Waals surface area contributed by atoms with Crippen LogP contribution in [0.15, 0.2) is 24.3 Å². The molecule has 4 heteroatoms. The molecule has 0 saturated carbocycles. The van der Waals surface area contributed by atoms with E-state index in [1.807, 2.05) is 38.1 Å². The number of benzene rings is 1. The number of rotatable bonds is 4. The molecule has 0 aromatic heterocycles. The second-order valence-electron chi connectivity index (χ2n) is 4.26. The summed E-state index contributed by atoms with van der Waals surface area (Å²) >= 11 is 0. The maximum Gasteiger partial charge on any atom is 0.178 e. The van der Waals surface area contributed by atoms with Crippen LogP contribution in [-0.4, -0.2) is 25.5 Å². The van der Waals surface area contributed by atoms with E-state index < -0.39 is 5.79 Å². The topological polar surface area (TPSA) is 53.7 Å². The van der Waals surface area contributed by atoms with E-state index in [2.05, 4.69) is 0 Å². The fraction of sp³-hybridized carbons (Fsp3) is 0.538. The van der Waals surface area contributed by atoms with Gasteiger partial charge in [0.2, 0.25) is 0 Å². The Balaban J connectivity index is 2.10. The first-order valence-electron chi connectivity index (χ1n) is 5.91. The van der Waals surface area contributed by atoms with E-state index in [9.17, 15) is 0 Å². The van der Waals surface area contributed by atoms with Gasteiger partial charge in [0.15, 0.2) is 5.79 Å². The van der Waals surface area contributed by atoms with Crippen molar-refractivity contribution in [2.24, 2.45) is 5.73 Å². The highest BCUT2D eigenvalue weighted by Crippen LogP contribution is 2.33. The Bertz CT molecular complexity index is 383. The molecule has 0 radical (unpaired) electrons. The molecule has 94 valence electrons. The lowest BCUT2D eigenvalue weighted by Gasteiger charge is -2.21. The lowest BCUT2D eigenvalue weighted by atomic mass is 10.1. The average Bonchev–Trinajstić information content (AvgIpc) is 2.74. The van der Waals surface area contributed by atoms with E-state index in [0.29, 0.717) is 19.8 Å². The molecule has 1 aromatic rings. The van der Waals surface area contributed by atoms with Crippen molar-refractivity contribution in [3.63, 3.8) is 0 Å². The minimum absolute atomic E-state index is 0.0658. The molecule has 1 aliphatic heterocycles. The highest BCUT2D eigenvalue weighted by Gasteiger charge is 2.36. The minimum Gasteiger partial charge on any atom is -0.494 e. The SMILES string of the molecule is CCOc1cccc(C2COC(C)(CN)O2)c1. The van der Waals surface area contributed by atoms with Crippen molar-refractivity contribution in [3.8, 4) is 5.75 Å². The van der Waals surface area contributed by atoms with Crippen LogP contribution in [0.1, 0.15) is 25.5 Å². The summed E-state index contributed by atoms with van der Waals surface area (Å²) in [6.45, 7) is 5.37. The van der Waals surface area contributed by atoms with Crippen molar-refractivity contribution < 1.29 is 14.2 Å². The zero-order valence-electron chi connectivity index (χ0n) is 10.3. The van der Waals surface area contributed by atoms with Crippen molar-refractivity contribution in [1.29, 1.82) is 0 Å². The van der Waals surface area contributed by atoms with E-state index in [-0.39, 0.29) is 6.10 Å². The zero-order chi connectivity index (χ0) is 12.3. The van der Waals surface area contributed by atoms with Gasteiger partial charge in [0.05, 0.1) is 13.2 Å². The molecule has 1 aromatic carbocycles. The van der Waals surface area contributed by atoms with Crippen LogP contribution in [-0.2, 0) is 9.47 Å². The first kappa shape index (κ1) is 12.4. The number of hydrogen-bond acceptors (Lipinski definition) is 4. The van der Waals surface area contributed by atoms with Gasteiger partial charge in [-0.15, -0.1) is 0 Å². The van der Waals surface area contributed by atoms with Gasteiger partial charge in [-0.05, 0) is 31.5 Å². The van der Waals surface area contributed by atoms with Crippen molar-refractivity contribution in [1.82, 2.24) is 0 Å². The maximum atomic E-state index is 5.81. The lowest BCUT2D eigenvalue weighted by Crippen LogP contribution is -2.35. The van der Waals surface area contributed by atoms with Crippen LogP contribution in [0.5, 0.6) is 5.75 Å². The molecule has 0 bridgehead atoms. The van der Waals surface area contributed by atoms with Crippen LogP contribution < -0.4 is 10.5 Å². The third-order valence-corrected chi connectivity index (χ3v) is 2.84. The third-order valence-electron chi connectivity index (χ3n) is 2.84. The third kappa shape index (κ3) is 2.77. The van der Waals surface area contributed by atoms with Gasteiger partial charge in [0.1, 0.15) is 11.9 Å². The molecule has 17 heavy (non-hydrogen) atoms. The van der Waals surface area contributed by atoms with Crippen molar-refractivity contribution >= 4 is 0 Å². The van der Waals surface area contributed by atoms with Crippen LogP contribution in [0.4, 0.5) is 0 Å². The van der Waals surface area contributed by atoms with E-state index >= 15 is 0 Å². The van der Waals surface area contributed by atoms with E-state index in [1.54, 1.807) is 0 Å². The van der Waals surface area contributed by atoms with E-state index in [4.69, 9.17) is 19.9 Å². The minimum atomic E-state index is -0.660. The molecule has 1 heterocycles. The molecule has 2 unspecified atom stereocenters. The van der Waals surface area contributed by atoms with Crippen LogP contribution in [0.3, 0.4) is 0 Å². The van der Waals surface area contributed by atoms with E-state index in [0.717, 1.165) is 11.3 Å². The Morgan fingerprint density at radius 3 is 3.00 bits per heavy atom. The molecule has 0 spiro atoms. The Morgan fingerprint density at radius 1 is 1.53 bits per heavy atom. The van der Waals surface area contributed by atoms with Gasteiger partial charge in [0, 0.05) is 6.54 Å². The summed E-state index contributed by atoms with van der Waals surface area (Å²) < 4.78 is 16.8. The quantitative estimate of drug-likeness (QED) is 0.868. The predicted octanol–water partition coefficient (Wildman–Crippen LogP) is 1.85. The molecule has 1 fully saturated rings. The molecule has 2 atom stereocenters. The Kier molecular flexibility index (Phi) is 3.66. The van der Waals surface area contributed by atoms with Crippen LogP contribution >= 0.6 is 0 Å². The summed E-state index contributed by atoms with van der Waals surface area (Å²) in [6.07, 6.45) is -0.0658. The van der Waals surface area contributed by atoms with E-state index in [1.165, 1.54) is 0 Å². The monoisotopic (exact) mass is 237 g/mol. The van der Waals surface area contributed by atoms with Crippen LogP contribution in [0.25, 0.3) is 0 Å². The normalized spacial score (nSPS) is 28.3. The predicted molar refractivity (Wildman–Crippen MR) is 64.8 cm³/mol. The Labute approximate surface area is 102 Å². The van der Waals surface area contributed by atoms with Gasteiger partial charge in [-0.3, -0.25) is 0 Å². The summed E-state index contributed by atoms with van der Waals surface area (Å²) in [6, 6.07) is 7.89. The molecule has 4 nitrogen and oxygen atoms in total. The molecule has 1 aliphatic rings. The summed E-state index contributed by atoms with van der Waals surface area (Å²) in [7, 11) is 0. The Morgan fingerprint density at radius 2 is 2.35 bits per heavy atom. The van der Waals surface area contributed by atoms with Crippen molar-refractivity contribution in [2.75, 3.05) is 19.8 Å². The van der Waals surface area contributed by atoms with Gasteiger partial charge in [-0.25, -0.2) is 0 Å².